The molecule has 0 saturated heterocycles. The van der Waals surface area contributed by atoms with Crippen molar-refractivity contribution in [3.8, 4) is 0 Å². The van der Waals surface area contributed by atoms with E-state index in [9.17, 15) is 8.42 Å². The highest BCUT2D eigenvalue weighted by molar-refractivity contribution is 7.89. The number of hydrogen-bond donors (Lipinski definition) is 2. The molecular formula is C13H25N5O2S. The van der Waals surface area contributed by atoms with Crippen LogP contribution >= 0.6 is 0 Å². The molecule has 0 aliphatic carbocycles. The van der Waals surface area contributed by atoms with Crippen molar-refractivity contribution in [3.05, 3.63) is 12.4 Å². The zero-order chi connectivity index (χ0) is 15.9. The standard InChI is InChI=1S/C13H25N5O2S/c1-5-6-14-13-15-9-12(10-16-13)21(19,20)17-7-8-18(4)11(2)3/h9-11,17H,5-8H2,1-4H3,(H,14,15,16). The van der Waals surface area contributed by atoms with Crippen LogP contribution in [0.2, 0.25) is 0 Å². The lowest BCUT2D eigenvalue weighted by atomic mass is 10.3. The molecule has 0 atom stereocenters. The molecule has 0 unspecified atom stereocenters. The van der Waals surface area contributed by atoms with E-state index in [-0.39, 0.29) is 4.90 Å². The highest BCUT2D eigenvalue weighted by Crippen LogP contribution is 2.07. The van der Waals surface area contributed by atoms with Gasteiger partial charge in [-0.25, -0.2) is 23.1 Å². The number of likely N-dealkylation sites (N-methyl/N-ethyl adjacent to an activating group) is 1. The number of rotatable bonds is 9. The monoisotopic (exact) mass is 315 g/mol. The topological polar surface area (TPSA) is 87.2 Å². The third-order valence-corrected chi connectivity index (χ3v) is 4.53. The molecule has 2 N–H and O–H groups in total. The van der Waals surface area contributed by atoms with Crippen molar-refractivity contribution in [1.29, 1.82) is 0 Å². The molecule has 1 aromatic heterocycles. The molecular weight excluding hydrogens is 290 g/mol. The molecule has 0 radical (unpaired) electrons. The Bertz CT molecular complexity index is 516. The van der Waals surface area contributed by atoms with Crippen LogP contribution < -0.4 is 10.0 Å². The molecule has 0 saturated carbocycles. The minimum atomic E-state index is -3.55. The molecule has 0 spiro atoms. The Morgan fingerprint density at radius 1 is 1.24 bits per heavy atom. The Morgan fingerprint density at radius 3 is 2.38 bits per heavy atom. The minimum absolute atomic E-state index is 0.0803. The molecule has 1 rings (SSSR count). The second kappa shape index (κ2) is 8.26. The van der Waals surface area contributed by atoms with E-state index in [4.69, 9.17) is 0 Å². The van der Waals surface area contributed by atoms with E-state index in [2.05, 4.69) is 38.8 Å². The van der Waals surface area contributed by atoms with Gasteiger partial charge in [-0.05, 0) is 27.3 Å². The van der Waals surface area contributed by atoms with E-state index in [1.165, 1.54) is 12.4 Å². The van der Waals surface area contributed by atoms with Crippen LogP contribution in [0.25, 0.3) is 0 Å². The van der Waals surface area contributed by atoms with E-state index in [0.717, 1.165) is 13.0 Å². The van der Waals surface area contributed by atoms with Gasteiger partial charge in [-0.2, -0.15) is 0 Å². The second-order valence-corrected chi connectivity index (χ2v) is 6.91. The van der Waals surface area contributed by atoms with Crippen molar-refractivity contribution in [2.75, 3.05) is 32.0 Å². The number of hydrogen-bond acceptors (Lipinski definition) is 6. The van der Waals surface area contributed by atoms with E-state index in [1.54, 1.807) is 0 Å². The van der Waals surface area contributed by atoms with Crippen molar-refractivity contribution in [2.45, 2.75) is 38.1 Å². The first-order chi connectivity index (χ1) is 9.86. The first-order valence-electron chi connectivity index (χ1n) is 7.12. The highest BCUT2D eigenvalue weighted by atomic mass is 32.2. The van der Waals surface area contributed by atoms with Gasteiger partial charge in [-0.15, -0.1) is 0 Å². The van der Waals surface area contributed by atoms with Gasteiger partial charge >= 0.3 is 0 Å². The maximum atomic E-state index is 12.1. The fraction of sp³-hybridized carbons (Fsp3) is 0.692. The van der Waals surface area contributed by atoms with Crippen LogP contribution in [0.15, 0.2) is 17.3 Å². The molecule has 0 aliphatic rings. The summed E-state index contributed by atoms with van der Waals surface area (Å²) in [7, 11) is -1.59. The predicted molar refractivity (Wildman–Crippen MR) is 83.8 cm³/mol. The van der Waals surface area contributed by atoms with Gasteiger partial charge in [0.2, 0.25) is 16.0 Å². The van der Waals surface area contributed by atoms with Crippen LogP contribution in [0.5, 0.6) is 0 Å². The first kappa shape index (κ1) is 17.8. The number of nitrogens with zero attached hydrogens (tertiary/aromatic N) is 3. The van der Waals surface area contributed by atoms with Crippen LogP contribution in [0.4, 0.5) is 5.95 Å². The zero-order valence-electron chi connectivity index (χ0n) is 13.1. The lowest BCUT2D eigenvalue weighted by Crippen LogP contribution is -2.36. The Labute approximate surface area is 127 Å². The molecule has 1 aromatic rings. The minimum Gasteiger partial charge on any atom is -0.354 e. The SMILES string of the molecule is CCCNc1ncc(S(=O)(=O)NCCN(C)C(C)C)cn1. The van der Waals surface area contributed by atoms with Gasteiger partial charge in [0.15, 0.2) is 0 Å². The smallest absolute Gasteiger partial charge is 0.243 e. The van der Waals surface area contributed by atoms with Crippen molar-refractivity contribution in [2.24, 2.45) is 0 Å². The van der Waals surface area contributed by atoms with Crippen molar-refractivity contribution < 1.29 is 8.42 Å². The summed E-state index contributed by atoms with van der Waals surface area (Å²) in [6.07, 6.45) is 3.59. The Morgan fingerprint density at radius 2 is 1.86 bits per heavy atom. The van der Waals surface area contributed by atoms with Gasteiger partial charge in [0.05, 0.1) is 12.4 Å². The molecule has 120 valence electrons. The van der Waals surface area contributed by atoms with Gasteiger partial charge in [-0.3, -0.25) is 0 Å². The molecule has 0 fully saturated rings. The molecule has 0 aromatic carbocycles. The molecule has 7 nitrogen and oxygen atoms in total. The average molecular weight is 315 g/mol. The summed E-state index contributed by atoms with van der Waals surface area (Å²) in [5, 5.41) is 3.00. The van der Waals surface area contributed by atoms with E-state index < -0.39 is 10.0 Å². The van der Waals surface area contributed by atoms with Crippen LogP contribution in [0.3, 0.4) is 0 Å². The largest absolute Gasteiger partial charge is 0.354 e. The molecule has 1 heterocycles. The maximum Gasteiger partial charge on any atom is 0.243 e. The Kier molecular flexibility index (Phi) is 7.00. The van der Waals surface area contributed by atoms with E-state index >= 15 is 0 Å². The fourth-order valence-electron chi connectivity index (χ4n) is 1.48. The molecule has 0 amide bonds. The van der Waals surface area contributed by atoms with Crippen LogP contribution in [0, 0.1) is 0 Å². The lowest BCUT2D eigenvalue weighted by molar-refractivity contribution is 0.278. The summed E-state index contributed by atoms with van der Waals surface area (Å²) in [5.41, 5.74) is 0. The number of aromatic nitrogens is 2. The summed E-state index contributed by atoms with van der Waals surface area (Å²) in [4.78, 5) is 10.2. The van der Waals surface area contributed by atoms with E-state index in [1.807, 2.05) is 14.0 Å². The molecule has 0 aliphatic heterocycles. The Balaban J connectivity index is 2.57. The van der Waals surface area contributed by atoms with Gasteiger partial charge in [0.25, 0.3) is 0 Å². The zero-order valence-corrected chi connectivity index (χ0v) is 13.9. The maximum absolute atomic E-state index is 12.1. The van der Waals surface area contributed by atoms with E-state index in [0.29, 0.717) is 25.1 Å². The summed E-state index contributed by atoms with van der Waals surface area (Å²) in [5.74, 6) is 0.440. The van der Waals surface area contributed by atoms with Crippen molar-refractivity contribution in [3.63, 3.8) is 0 Å². The number of sulfonamides is 1. The van der Waals surface area contributed by atoms with Crippen LogP contribution in [-0.2, 0) is 10.0 Å². The molecule has 0 bridgehead atoms. The van der Waals surface area contributed by atoms with Gasteiger partial charge in [0, 0.05) is 25.7 Å². The summed E-state index contributed by atoms with van der Waals surface area (Å²) in [6.45, 7) is 7.91. The van der Waals surface area contributed by atoms with Crippen LogP contribution in [-0.4, -0.2) is 56.0 Å². The average Bonchev–Trinajstić information content (AvgIpc) is 2.45. The second-order valence-electron chi connectivity index (χ2n) is 5.14. The normalized spacial score (nSPS) is 12.1. The summed E-state index contributed by atoms with van der Waals surface area (Å²) < 4.78 is 26.7. The summed E-state index contributed by atoms with van der Waals surface area (Å²) in [6, 6.07) is 0.377. The van der Waals surface area contributed by atoms with Gasteiger partial charge in [0.1, 0.15) is 4.90 Å². The van der Waals surface area contributed by atoms with Gasteiger partial charge in [-0.1, -0.05) is 6.92 Å². The fourth-order valence-corrected chi connectivity index (χ4v) is 2.39. The third-order valence-electron chi connectivity index (χ3n) is 3.11. The van der Waals surface area contributed by atoms with Crippen molar-refractivity contribution in [1.82, 2.24) is 19.6 Å². The first-order valence-corrected chi connectivity index (χ1v) is 8.61. The van der Waals surface area contributed by atoms with Crippen LogP contribution in [0.1, 0.15) is 27.2 Å². The highest BCUT2D eigenvalue weighted by Gasteiger charge is 2.15. The van der Waals surface area contributed by atoms with Gasteiger partial charge < -0.3 is 10.2 Å². The third kappa shape index (κ3) is 5.94. The molecule has 8 heteroatoms. The van der Waals surface area contributed by atoms with Crippen molar-refractivity contribution >= 4 is 16.0 Å². The lowest BCUT2D eigenvalue weighted by Gasteiger charge is -2.20. The number of nitrogens with one attached hydrogen (secondary N) is 2. The number of anilines is 1. The predicted octanol–water partition coefficient (Wildman–Crippen LogP) is 0.917. The molecule has 21 heavy (non-hydrogen) atoms. The Hall–Kier alpha value is -1.25. The summed E-state index contributed by atoms with van der Waals surface area (Å²) >= 11 is 0. The quantitative estimate of drug-likeness (QED) is 0.704.